The highest BCUT2D eigenvalue weighted by Gasteiger charge is 2.33. The lowest BCUT2D eigenvalue weighted by molar-refractivity contribution is -0.137. The van der Waals surface area contributed by atoms with Crippen LogP contribution in [0.4, 0.5) is 18.9 Å². The zero-order valence-electron chi connectivity index (χ0n) is 14.5. The number of anilines is 1. The molecule has 6 nitrogen and oxygen atoms in total. The molecular weight excluding hydrogens is 399 g/mol. The number of amides is 2. The van der Waals surface area contributed by atoms with Crippen LogP contribution in [0.25, 0.3) is 0 Å². The summed E-state index contributed by atoms with van der Waals surface area (Å²) in [5.41, 5.74) is 0.816. The number of halogens is 4. The molecule has 0 heterocycles. The van der Waals surface area contributed by atoms with Gasteiger partial charge >= 0.3 is 6.18 Å². The van der Waals surface area contributed by atoms with Crippen molar-refractivity contribution in [2.45, 2.75) is 19.5 Å². The molecule has 0 radical (unpaired) electrons. The molecule has 0 unspecified atom stereocenters. The molecule has 2 aromatic carbocycles. The van der Waals surface area contributed by atoms with Crippen LogP contribution in [0.15, 0.2) is 47.6 Å². The van der Waals surface area contributed by atoms with Gasteiger partial charge in [0, 0.05) is 10.7 Å². The Labute approximate surface area is 163 Å². The Kier molecular flexibility index (Phi) is 6.63. The van der Waals surface area contributed by atoms with E-state index in [-0.39, 0.29) is 34.2 Å². The minimum absolute atomic E-state index is 0.118. The predicted octanol–water partition coefficient (Wildman–Crippen LogP) is 4.20. The third kappa shape index (κ3) is 5.71. The van der Waals surface area contributed by atoms with Crippen LogP contribution in [0.2, 0.25) is 5.02 Å². The van der Waals surface area contributed by atoms with Crippen LogP contribution in [0.5, 0.6) is 5.75 Å². The van der Waals surface area contributed by atoms with Crippen molar-refractivity contribution in [3.63, 3.8) is 0 Å². The molecule has 0 atom stereocenters. The molecule has 148 valence electrons. The van der Waals surface area contributed by atoms with Crippen molar-refractivity contribution in [2.24, 2.45) is 5.10 Å². The molecule has 28 heavy (non-hydrogen) atoms. The molecular formula is C18H15ClF3N3O3. The number of para-hydroxylation sites is 1. The number of nitrogens with one attached hydrogen (secondary N) is 2. The highest BCUT2D eigenvalue weighted by atomic mass is 35.5. The van der Waals surface area contributed by atoms with Crippen molar-refractivity contribution in [1.82, 2.24) is 5.43 Å². The first-order chi connectivity index (χ1) is 13.1. The fourth-order valence-corrected chi connectivity index (χ4v) is 2.37. The topological polar surface area (TPSA) is 90.8 Å². The van der Waals surface area contributed by atoms with Gasteiger partial charge in [-0.05, 0) is 37.3 Å². The zero-order valence-corrected chi connectivity index (χ0v) is 15.2. The number of hydrazone groups is 1. The van der Waals surface area contributed by atoms with Gasteiger partial charge in [-0.3, -0.25) is 9.59 Å². The molecule has 3 N–H and O–H groups in total. The fraction of sp³-hybridized carbons (Fsp3) is 0.167. The third-order valence-electron chi connectivity index (χ3n) is 3.47. The Hall–Kier alpha value is -3.07. The summed E-state index contributed by atoms with van der Waals surface area (Å²) in [7, 11) is 0. The first-order valence-electron chi connectivity index (χ1n) is 7.86. The highest BCUT2D eigenvalue weighted by molar-refractivity contribution is 6.31. The maximum absolute atomic E-state index is 12.9. The summed E-state index contributed by atoms with van der Waals surface area (Å²) in [4.78, 5) is 24.0. The van der Waals surface area contributed by atoms with Crippen LogP contribution in [-0.4, -0.2) is 22.6 Å². The van der Waals surface area contributed by atoms with Gasteiger partial charge in [-0.2, -0.15) is 18.3 Å². The average Bonchev–Trinajstić information content (AvgIpc) is 2.61. The molecule has 0 spiro atoms. The third-order valence-corrected chi connectivity index (χ3v) is 3.71. The summed E-state index contributed by atoms with van der Waals surface area (Å²) in [5, 5.41) is 15.8. The molecule has 0 bridgehead atoms. The molecule has 2 aromatic rings. The van der Waals surface area contributed by atoms with Crippen molar-refractivity contribution >= 4 is 34.8 Å². The Morgan fingerprint density at radius 1 is 1.18 bits per heavy atom. The van der Waals surface area contributed by atoms with E-state index < -0.39 is 23.6 Å². The number of hydrogen-bond acceptors (Lipinski definition) is 4. The van der Waals surface area contributed by atoms with Gasteiger partial charge in [-0.25, -0.2) is 5.43 Å². The van der Waals surface area contributed by atoms with Gasteiger partial charge in [0.2, 0.25) is 5.91 Å². The van der Waals surface area contributed by atoms with Crippen LogP contribution in [0.1, 0.15) is 29.3 Å². The first-order valence-corrected chi connectivity index (χ1v) is 8.24. The van der Waals surface area contributed by atoms with Crippen molar-refractivity contribution < 1.29 is 27.9 Å². The Morgan fingerprint density at radius 2 is 1.86 bits per heavy atom. The number of nitrogens with zero attached hydrogens (tertiary/aromatic N) is 1. The highest BCUT2D eigenvalue weighted by Crippen LogP contribution is 2.34. The summed E-state index contributed by atoms with van der Waals surface area (Å²) >= 11 is 5.75. The van der Waals surface area contributed by atoms with E-state index in [1.807, 2.05) is 0 Å². The summed E-state index contributed by atoms with van der Waals surface area (Å²) in [5.74, 6) is -1.81. The summed E-state index contributed by atoms with van der Waals surface area (Å²) in [6.07, 6.45) is -4.96. The Morgan fingerprint density at radius 3 is 2.54 bits per heavy atom. The number of alkyl halides is 3. The predicted molar refractivity (Wildman–Crippen MR) is 98.4 cm³/mol. The number of benzene rings is 2. The number of rotatable bonds is 5. The molecule has 0 aliphatic rings. The fourth-order valence-electron chi connectivity index (χ4n) is 2.20. The van der Waals surface area contributed by atoms with E-state index >= 15 is 0 Å². The quantitative estimate of drug-likeness (QED) is 0.507. The molecule has 2 rings (SSSR count). The van der Waals surface area contributed by atoms with Crippen LogP contribution in [0.3, 0.4) is 0 Å². The molecule has 0 saturated heterocycles. The maximum atomic E-state index is 12.9. The first kappa shape index (κ1) is 21.2. The van der Waals surface area contributed by atoms with Crippen molar-refractivity contribution in [2.75, 3.05) is 5.32 Å². The van der Waals surface area contributed by atoms with Gasteiger partial charge in [0.1, 0.15) is 5.75 Å². The van der Waals surface area contributed by atoms with E-state index in [2.05, 4.69) is 15.8 Å². The van der Waals surface area contributed by atoms with Gasteiger partial charge in [0.25, 0.3) is 5.91 Å². The lowest BCUT2D eigenvalue weighted by Crippen LogP contribution is -2.22. The molecule has 2 amide bonds. The average molecular weight is 414 g/mol. The molecule has 10 heteroatoms. The van der Waals surface area contributed by atoms with Crippen molar-refractivity contribution in [3.05, 3.63) is 58.6 Å². The number of carbonyl (C=O) groups is 2. The number of phenols is 1. The molecule has 0 aromatic heterocycles. The van der Waals surface area contributed by atoms with E-state index in [1.54, 1.807) is 0 Å². The number of phenolic OH excluding ortho intramolecular Hbond substituents is 1. The second kappa shape index (κ2) is 8.75. The summed E-state index contributed by atoms with van der Waals surface area (Å²) in [6.45, 7) is 1.41. The molecule has 0 saturated carbocycles. The normalized spacial score (nSPS) is 11.8. The maximum Gasteiger partial charge on any atom is 0.418 e. The molecule has 0 aliphatic carbocycles. The minimum atomic E-state index is -4.61. The standard InChI is InChI=1S/C18H15ClF3N3O3/c1-10(24-25-17(28)12-9-11(19)6-7-15(12)26)8-16(27)23-14-5-3-2-4-13(14)18(20,21)22/h2-7,9,26H,8H2,1H3,(H,23,27)(H,25,28). The van der Waals surface area contributed by atoms with E-state index in [1.165, 1.54) is 37.3 Å². The van der Waals surface area contributed by atoms with Gasteiger partial charge in [-0.1, -0.05) is 23.7 Å². The number of hydrogen-bond donors (Lipinski definition) is 3. The van der Waals surface area contributed by atoms with E-state index in [0.29, 0.717) is 0 Å². The Bertz CT molecular complexity index is 930. The van der Waals surface area contributed by atoms with Crippen LogP contribution in [0, 0.1) is 0 Å². The summed E-state index contributed by atoms with van der Waals surface area (Å²) in [6, 6.07) is 8.43. The molecule has 0 aliphatic heterocycles. The van der Waals surface area contributed by atoms with Gasteiger partial charge in [0.15, 0.2) is 0 Å². The number of carbonyl (C=O) groups excluding carboxylic acids is 2. The Balaban J connectivity index is 2.01. The van der Waals surface area contributed by atoms with E-state index in [0.717, 1.165) is 12.1 Å². The van der Waals surface area contributed by atoms with Gasteiger partial charge < -0.3 is 10.4 Å². The van der Waals surface area contributed by atoms with E-state index in [4.69, 9.17) is 11.6 Å². The summed E-state index contributed by atoms with van der Waals surface area (Å²) < 4.78 is 38.8. The van der Waals surface area contributed by atoms with Crippen LogP contribution in [-0.2, 0) is 11.0 Å². The minimum Gasteiger partial charge on any atom is -0.507 e. The monoisotopic (exact) mass is 413 g/mol. The van der Waals surface area contributed by atoms with Crippen LogP contribution < -0.4 is 10.7 Å². The second-order valence-corrected chi connectivity index (χ2v) is 6.15. The van der Waals surface area contributed by atoms with Crippen LogP contribution >= 0.6 is 11.6 Å². The van der Waals surface area contributed by atoms with E-state index in [9.17, 15) is 27.9 Å². The lowest BCUT2D eigenvalue weighted by atomic mass is 10.1. The van der Waals surface area contributed by atoms with Gasteiger partial charge in [0.05, 0.1) is 23.2 Å². The number of aromatic hydroxyl groups is 1. The smallest absolute Gasteiger partial charge is 0.418 e. The largest absolute Gasteiger partial charge is 0.507 e. The lowest BCUT2D eigenvalue weighted by Gasteiger charge is -2.13. The SMILES string of the molecule is CC(CC(=O)Nc1ccccc1C(F)(F)F)=NNC(=O)c1cc(Cl)ccc1O. The van der Waals surface area contributed by atoms with Crippen molar-refractivity contribution in [3.8, 4) is 5.75 Å². The van der Waals surface area contributed by atoms with Gasteiger partial charge in [-0.15, -0.1) is 0 Å². The second-order valence-electron chi connectivity index (χ2n) is 5.72. The van der Waals surface area contributed by atoms with Crippen molar-refractivity contribution in [1.29, 1.82) is 0 Å². The zero-order chi connectivity index (χ0) is 20.9. The molecule has 0 fully saturated rings.